The zero-order valence-electron chi connectivity index (χ0n) is 15.4. The fourth-order valence-corrected chi connectivity index (χ4v) is 3.86. The fraction of sp³-hybridized carbons (Fsp3) is 0.273. The molecule has 4 rings (SSSR count). The summed E-state index contributed by atoms with van der Waals surface area (Å²) in [5.74, 6) is -0.124. The Labute approximate surface area is 172 Å². The molecule has 0 saturated carbocycles. The predicted octanol–water partition coefficient (Wildman–Crippen LogP) is 5.18. The number of nitriles is 1. The summed E-state index contributed by atoms with van der Waals surface area (Å²) in [6.45, 7) is 2.44. The zero-order chi connectivity index (χ0) is 19.5. The van der Waals surface area contributed by atoms with Gasteiger partial charge in [-0.3, -0.25) is 4.90 Å². The summed E-state index contributed by atoms with van der Waals surface area (Å²) in [4.78, 5) is 2.32. The largest absolute Gasteiger partial charge is 0.299 e. The third kappa shape index (κ3) is 4.01. The van der Waals surface area contributed by atoms with Gasteiger partial charge in [-0.2, -0.15) is 10.4 Å². The Morgan fingerprint density at radius 2 is 1.82 bits per heavy atom. The maximum Gasteiger partial charge on any atom is 0.132 e. The van der Waals surface area contributed by atoms with Crippen molar-refractivity contribution in [1.82, 2.24) is 14.7 Å². The van der Waals surface area contributed by atoms with Crippen LogP contribution in [-0.2, 0) is 6.54 Å². The Morgan fingerprint density at radius 3 is 2.50 bits per heavy atom. The number of aromatic nitrogens is 2. The number of halogens is 2. The van der Waals surface area contributed by atoms with E-state index in [-0.39, 0.29) is 11.7 Å². The van der Waals surface area contributed by atoms with Crippen LogP contribution in [-0.4, -0.2) is 27.8 Å². The highest BCUT2D eigenvalue weighted by Gasteiger charge is 2.22. The molecular weight excluding hydrogens is 419 g/mol. The molecule has 3 aromatic rings. The molecule has 142 valence electrons. The maximum absolute atomic E-state index is 14.5. The maximum atomic E-state index is 14.5. The van der Waals surface area contributed by atoms with Gasteiger partial charge in [-0.1, -0.05) is 28.1 Å². The van der Waals surface area contributed by atoms with E-state index < -0.39 is 0 Å². The van der Waals surface area contributed by atoms with Gasteiger partial charge in [0.05, 0.1) is 11.8 Å². The first-order valence-corrected chi connectivity index (χ1v) is 10.1. The Bertz CT molecular complexity index is 998. The molecule has 28 heavy (non-hydrogen) atoms. The number of benzene rings is 2. The molecule has 1 aliphatic rings. The molecule has 0 bridgehead atoms. The first kappa shape index (κ1) is 18.9. The van der Waals surface area contributed by atoms with Crippen LogP contribution >= 0.6 is 15.9 Å². The summed E-state index contributed by atoms with van der Waals surface area (Å²) in [6, 6.07) is 17.0. The number of piperidine rings is 1. The molecule has 1 fully saturated rings. The molecule has 0 spiro atoms. The highest BCUT2D eigenvalue weighted by Crippen LogP contribution is 2.28. The van der Waals surface area contributed by atoms with E-state index in [1.54, 1.807) is 12.1 Å². The fourth-order valence-electron chi connectivity index (χ4n) is 3.59. The minimum absolute atomic E-state index is 0.146. The van der Waals surface area contributed by atoms with Crippen molar-refractivity contribution in [3.05, 3.63) is 70.6 Å². The summed E-state index contributed by atoms with van der Waals surface area (Å²) in [6.07, 6.45) is 3.75. The number of nitrogens with zero attached hydrogens (tertiary/aromatic N) is 4. The van der Waals surface area contributed by atoms with Crippen LogP contribution in [0.25, 0.3) is 16.9 Å². The molecule has 0 aliphatic carbocycles. The average molecular weight is 439 g/mol. The average Bonchev–Trinajstić information content (AvgIpc) is 3.13. The van der Waals surface area contributed by atoms with Gasteiger partial charge in [0.2, 0.25) is 0 Å². The lowest BCUT2D eigenvalue weighted by Gasteiger charge is -2.28. The highest BCUT2D eigenvalue weighted by atomic mass is 79.9. The second-order valence-electron chi connectivity index (χ2n) is 7.08. The van der Waals surface area contributed by atoms with Gasteiger partial charge >= 0.3 is 0 Å². The zero-order valence-corrected chi connectivity index (χ0v) is 16.9. The van der Waals surface area contributed by atoms with Crippen molar-refractivity contribution in [3.63, 3.8) is 0 Å². The van der Waals surface area contributed by atoms with Gasteiger partial charge < -0.3 is 0 Å². The van der Waals surface area contributed by atoms with E-state index in [0.29, 0.717) is 17.8 Å². The van der Waals surface area contributed by atoms with Gasteiger partial charge in [0.25, 0.3) is 0 Å². The van der Waals surface area contributed by atoms with E-state index in [4.69, 9.17) is 10.4 Å². The number of rotatable bonds is 4. The Kier molecular flexibility index (Phi) is 5.56. The smallest absolute Gasteiger partial charge is 0.132 e. The predicted molar refractivity (Wildman–Crippen MR) is 110 cm³/mol. The van der Waals surface area contributed by atoms with Gasteiger partial charge in [0.15, 0.2) is 0 Å². The van der Waals surface area contributed by atoms with Gasteiger partial charge in [0.1, 0.15) is 11.5 Å². The minimum Gasteiger partial charge on any atom is -0.299 e. The van der Waals surface area contributed by atoms with Crippen molar-refractivity contribution in [3.8, 4) is 23.0 Å². The van der Waals surface area contributed by atoms with E-state index in [0.717, 1.165) is 41.7 Å². The Balaban J connectivity index is 1.68. The Hall–Kier alpha value is -2.49. The highest BCUT2D eigenvalue weighted by molar-refractivity contribution is 9.10. The molecule has 1 aromatic heterocycles. The third-order valence-corrected chi connectivity index (χ3v) is 5.70. The van der Waals surface area contributed by atoms with E-state index in [9.17, 15) is 4.39 Å². The summed E-state index contributed by atoms with van der Waals surface area (Å²) >= 11 is 3.45. The first-order chi connectivity index (χ1) is 13.6. The molecule has 4 nitrogen and oxygen atoms in total. The lowest BCUT2D eigenvalue weighted by Crippen LogP contribution is -2.32. The molecule has 0 amide bonds. The Morgan fingerprint density at radius 1 is 1.11 bits per heavy atom. The van der Waals surface area contributed by atoms with Crippen molar-refractivity contribution < 1.29 is 4.39 Å². The monoisotopic (exact) mass is 438 g/mol. The van der Waals surface area contributed by atoms with Crippen LogP contribution in [0.5, 0.6) is 0 Å². The molecule has 6 heteroatoms. The number of likely N-dealkylation sites (tertiary alicyclic amines) is 1. The van der Waals surface area contributed by atoms with Crippen molar-refractivity contribution in [2.75, 3.05) is 13.1 Å². The van der Waals surface area contributed by atoms with Crippen molar-refractivity contribution in [2.24, 2.45) is 5.92 Å². The molecule has 0 unspecified atom stereocenters. The first-order valence-electron chi connectivity index (χ1n) is 9.35. The minimum atomic E-state index is -0.270. The van der Waals surface area contributed by atoms with Crippen LogP contribution in [0.1, 0.15) is 18.4 Å². The van der Waals surface area contributed by atoms with Gasteiger partial charge in [-0.15, -0.1) is 0 Å². The lowest BCUT2D eigenvalue weighted by molar-refractivity contribution is 0.198. The van der Waals surface area contributed by atoms with Crippen molar-refractivity contribution in [1.29, 1.82) is 5.26 Å². The van der Waals surface area contributed by atoms with Crippen LogP contribution in [0.15, 0.2) is 59.2 Å². The van der Waals surface area contributed by atoms with Gasteiger partial charge in [0, 0.05) is 34.3 Å². The summed E-state index contributed by atoms with van der Waals surface area (Å²) in [5, 5.41) is 13.8. The molecule has 0 N–H and O–H groups in total. The van der Waals surface area contributed by atoms with Crippen LogP contribution in [0, 0.1) is 23.1 Å². The summed E-state index contributed by atoms with van der Waals surface area (Å²) < 4.78 is 17.3. The van der Waals surface area contributed by atoms with E-state index in [1.807, 2.05) is 41.2 Å². The molecule has 0 atom stereocenters. The van der Waals surface area contributed by atoms with Crippen LogP contribution < -0.4 is 0 Å². The number of hydrogen-bond acceptors (Lipinski definition) is 3. The van der Waals surface area contributed by atoms with Crippen LogP contribution in [0.3, 0.4) is 0 Å². The van der Waals surface area contributed by atoms with Crippen molar-refractivity contribution in [2.45, 2.75) is 19.4 Å². The van der Waals surface area contributed by atoms with Crippen molar-refractivity contribution >= 4 is 15.9 Å². The SMILES string of the molecule is N#CC1CCN(Cc2cn(-c3ccc(Br)cc3)nc2-c2ccccc2F)CC1. The second kappa shape index (κ2) is 8.26. The summed E-state index contributed by atoms with van der Waals surface area (Å²) in [5.41, 5.74) is 3.10. The summed E-state index contributed by atoms with van der Waals surface area (Å²) in [7, 11) is 0. The lowest BCUT2D eigenvalue weighted by atomic mass is 9.98. The molecule has 1 saturated heterocycles. The molecule has 2 aromatic carbocycles. The van der Waals surface area contributed by atoms with Crippen LogP contribution in [0.4, 0.5) is 4.39 Å². The molecule has 0 radical (unpaired) electrons. The second-order valence-corrected chi connectivity index (χ2v) is 8.00. The quantitative estimate of drug-likeness (QED) is 0.563. The molecular formula is C22H20BrFN4. The van der Waals surface area contributed by atoms with E-state index in [2.05, 4.69) is 26.9 Å². The standard InChI is InChI=1S/C22H20BrFN4/c23-18-5-7-19(8-6-18)28-15-17(14-27-11-9-16(13-25)10-12-27)22(26-28)20-3-1-2-4-21(20)24/h1-8,15-16H,9-12,14H2. The topological polar surface area (TPSA) is 44.9 Å². The number of hydrogen-bond donors (Lipinski definition) is 0. The van der Waals surface area contributed by atoms with E-state index in [1.165, 1.54) is 6.07 Å². The molecule has 1 aliphatic heterocycles. The van der Waals surface area contributed by atoms with E-state index >= 15 is 0 Å². The third-order valence-electron chi connectivity index (χ3n) is 5.17. The van der Waals surface area contributed by atoms with Crippen LogP contribution in [0.2, 0.25) is 0 Å². The molecule has 2 heterocycles. The van der Waals surface area contributed by atoms with Gasteiger partial charge in [-0.25, -0.2) is 9.07 Å². The normalized spacial score (nSPS) is 15.5. The van der Waals surface area contributed by atoms with Gasteiger partial charge in [-0.05, 0) is 62.3 Å².